The molecule has 0 aromatic heterocycles. The molecule has 0 bridgehead atoms. The fraction of sp³-hybridized carbons (Fsp3) is 0.333. The molecule has 1 amide bonds. The molecular weight excluding hydrogens is 146 g/mol. The third kappa shape index (κ3) is 1.48. The molecule has 1 aliphatic heterocycles. The molecule has 5 nitrogen and oxygen atoms in total. The lowest BCUT2D eigenvalue weighted by atomic mass is 9.95. The van der Waals surface area contributed by atoms with Gasteiger partial charge in [0.25, 0.3) is 0 Å². The fourth-order valence-corrected chi connectivity index (χ4v) is 0.856. The van der Waals surface area contributed by atoms with Crippen LogP contribution in [0.4, 0.5) is 0 Å². The van der Waals surface area contributed by atoms with Gasteiger partial charge in [-0.1, -0.05) is 0 Å². The van der Waals surface area contributed by atoms with Gasteiger partial charge in [0.1, 0.15) is 5.54 Å². The van der Waals surface area contributed by atoms with Crippen molar-refractivity contribution in [1.82, 2.24) is 5.32 Å². The average Bonchev–Trinajstić information content (AvgIpc) is 1.84. The van der Waals surface area contributed by atoms with Crippen molar-refractivity contribution in [3.63, 3.8) is 0 Å². The van der Waals surface area contributed by atoms with Crippen molar-refractivity contribution in [2.45, 2.75) is 12.0 Å². The van der Waals surface area contributed by atoms with Crippen LogP contribution < -0.4 is 11.1 Å². The molecule has 5 heteroatoms. The minimum absolute atomic E-state index is 0.118. The molecule has 1 atom stereocenters. The number of hydrogen-bond acceptors (Lipinski definition) is 4. The Bertz CT molecular complexity index is 265. The van der Waals surface area contributed by atoms with Crippen LogP contribution in [0.25, 0.3) is 0 Å². The highest BCUT2D eigenvalue weighted by molar-refractivity contribution is 5.81. The van der Waals surface area contributed by atoms with Crippen LogP contribution in [0, 0.1) is 11.3 Å². The molecule has 58 valence electrons. The van der Waals surface area contributed by atoms with Gasteiger partial charge in [0.15, 0.2) is 5.88 Å². The van der Waals surface area contributed by atoms with Crippen LogP contribution in [0.15, 0.2) is 12.0 Å². The van der Waals surface area contributed by atoms with Crippen molar-refractivity contribution in [3.8, 4) is 6.07 Å². The number of nitrogens with two attached hydrogens (primary N) is 1. The van der Waals surface area contributed by atoms with E-state index in [4.69, 9.17) is 16.1 Å². The molecule has 0 saturated heterocycles. The standard InChI is InChI=1S/C6H7N3O2/c7-3-6(8)1-4(10)9-5(11)2-6/h1,10H,2,8H2,(H,9,11). The van der Waals surface area contributed by atoms with Crippen molar-refractivity contribution in [2.75, 3.05) is 0 Å². The molecule has 1 unspecified atom stereocenters. The van der Waals surface area contributed by atoms with Gasteiger partial charge in [-0.05, 0) is 0 Å². The predicted molar refractivity (Wildman–Crippen MR) is 36.0 cm³/mol. The minimum atomic E-state index is -1.35. The maximum atomic E-state index is 10.7. The zero-order valence-electron chi connectivity index (χ0n) is 5.66. The number of aliphatic hydroxyl groups is 1. The lowest BCUT2D eigenvalue weighted by Crippen LogP contribution is -2.46. The van der Waals surface area contributed by atoms with Crippen molar-refractivity contribution < 1.29 is 9.90 Å². The van der Waals surface area contributed by atoms with E-state index >= 15 is 0 Å². The molecule has 0 aromatic carbocycles. The SMILES string of the molecule is N#CC1(N)C=C(O)NC(=O)C1. The summed E-state index contributed by atoms with van der Waals surface area (Å²) >= 11 is 0. The first kappa shape index (κ1) is 7.57. The first-order valence-corrected chi connectivity index (χ1v) is 2.97. The predicted octanol–water partition coefficient (Wildman–Crippen LogP) is -0.873. The Morgan fingerprint density at radius 2 is 2.55 bits per heavy atom. The van der Waals surface area contributed by atoms with Gasteiger partial charge >= 0.3 is 0 Å². The Labute approximate surface area is 63.1 Å². The van der Waals surface area contributed by atoms with Crippen LogP contribution in [0.1, 0.15) is 6.42 Å². The molecule has 0 aromatic rings. The second kappa shape index (κ2) is 2.25. The third-order valence-corrected chi connectivity index (χ3v) is 1.32. The van der Waals surface area contributed by atoms with Crippen LogP contribution in [0.2, 0.25) is 0 Å². The largest absolute Gasteiger partial charge is 0.495 e. The van der Waals surface area contributed by atoms with Crippen molar-refractivity contribution in [1.29, 1.82) is 5.26 Å². The summed E-state index contributed by atoms with van der Waals surface area (Å²) < 4.78 is 0. The van der Waals surface area contributed by atoms with Crippen molar-refractivity contribution in [2.24, 2.45) is 5.73 Å². The molecule has 11 heavy (non-hydrogen) atoms. The number of amides is 1. The number of carbonyl (C=O) groups is 1. The van der Waals surface area contributed by atoms with Gasteiger partial charge in [-0.2, -0.15) is 5.26 Å². The Hall–Kier alpha value is -1.54. The van der Waals surface area contributed by atoms with Gasteiger partial charge in [0.05, 0.1) is 12.5 Å². The summed E-state index contributed by atoms with van der Waals surface area (Å²) in [4.78, 5) is 10.7. The van der Waals surface area contributed by atoms with Crippen LogP contribution in [-0.4, -0.2) is 16.6 Å². The fourth-order valence-electron chi connectivity index (χ4n) is 0.856. The lowest BCUT2D eigenvalue weighted by molar-refractivity contribution is -0.122. The van der Waals surface area contributed by atoms with E-state index < -0.39 is 11.4 Å². The second-order valence-corrected chi connectivity index (χ2v) is 2.41. The van der Waals surface area contributed by atoms with Crippen LogP contribution in [0.5, 0.6) is 0 Å². The van der Waals surface area contributed by atoms with E-state index in [0.717, 1.165) is 6.08 Å². The highest BCUT2D eigenvalue weighted by Gasteiger charge is 2.30. The summed E-state index contributed by atoms with van der Waals surface area (Å²) in [6, 6.07) is 1.72. The zero-order valence-corrected chi connectivity index (χ0v) is 5.66. The summed E-state index contributed by atoms with van der Waals surface area (Å²) in [5, 5.41) is 19.4. The average molecular weight is 153 g/mol. The molecule has 4 N–H and O–H groups in total. The maximum absolute atomic E-state index is 10.7. The van der Waals surface area contributed by atoms with E-state index in [2.05, 4.69) is 5.32 Å². The highest BCUT2D eigenvalue weighted by atomic mass is 16.3. The first-order chi connectivity index (χ1) is 5.06. The monoisotopic (exact) mass is 153 g/mol. The summed E-state index contributed by atoms with van der Waals surface area (Å²) in [5.41, 5.74) is 4.03. The van der Waals surface area contributed by atoms with Crippen LogP contribution >= 0.6 is 0 Å². The minimum Gasteiger partial charge on any atom is -0.495 e. The molecule has 0 spiro atoms. The van der Waals surface area contributed by atoms with Gasteiger partial charge in [-0.25, -0.2) is 0 Å². The quantitative estimate of drug-likeness (QED) is 0.421. The second-order valence-electron chi connectivity index (χ2n) is 2.41. The van der Waals surface area contributed by atoms with Gasteiger partial charge in [0.2, 0.25) is 5.91 Å². The lowest BCUT2D eigenvalue weighted by Gasteiger charge is -2.21. The number of nitrogens with zero attached hydrogens (tertiary/aromatic N) is 1. The van der Waals surface area contributed by atoms with Gasteiger partial charge in [-0.15, -0.1) is 0 Å². The topological polar surface area (TPSA) is 99.1 Å². The normalized spacial score (nSPS) is 30.2. The molecule has 1 aliphatic rings. The van der Waals surface area contributed by atoms with E-state index in [-0.39, 0.29) is 12.3 Å². The molecule has 1 heterocycles. The number of nitriles is 1. The Morgan fingerprint density at radius 1 is 1.91 bits per heavy atom. The van der Waals surface area contributed by atoms with Crippen molar-refractivity contribution >= 4 is 5.91 Å². The summed E-state index contributed by atoms with van der Waals surface area (Å²) in [7, 11) is 0. The van der Waals surface area contributed by atoms with Gasteiger partial charge in [-0.3, -0.25) is 10.1 Å². The van der Waals surface area contributed by atoms with Gasteiger partial charge < -0.3 is 10.8 Å². The Morgan fingerprint density at radius 3 is 3.00 bits per heavy atom. The van der Waals surface area contributed by atoms with E-state index in [9.17, 15) is 4.79 Å². The Balaban J connectivity index is 2.96. The molecule has 0 saturated carbocycles. The van der Waals surface area contributed by atoms with E-state index in [1.807, 2.05) is 0 Å². The molecule has 1 rings (SSSR count). The maximum Gasteiger partial charge on any atom is 0.229 e. The summed E-state index contributed by atoms with van der Waals surface area (Å²) in [6.45, 7) is 0. The number of hydrogen-bond donors (Lipinski definition) is 3. The molecule has 0 fully saturated rings. The third-order valence-electron chi connectivity index (χ3n) is 1.32. The van der Waals surface area contributed by atoms with E-state index in [1.165, 1.54) is 0 Å². The summed E-state index contributed by atoms with van der Waals surface area (Å²) in [6.07, 6.45) is 1.00. The Kier molecular flexibility index (Phi) is 1.55. The smallest absolute Gasteiger partial charge is 0.229 e. The zero-order chi connectivity index (χ0) is 8.48. The number of carbonyl (C=O) groups excluding carboxylic acids is 1. The number of nitrogens with one attached hydrogen (secondary N) is 1. The number of rotatable bonds is 0. The molecular formula is C6H7N3O2. The van der Waals surface area contributed by atoms with Gasteiger partial charge in [0, 0.05) is 6.08 Å². The molecule has 0 radical (unpaired) electrons. The molecule has 0 aliphatic carbocycles. The van der Waals surface area contributed by atoms with Crippen molar-refractivity contribution in [3.05, 3.63) is 12.0 Å². The van der Waals surface area contributed by atoms with E-state index in [1.54, 1.807) is 6.07 Å². The van der Waals surface area contributed by atoms with Crippen LogP contribution in [-0.2, 0) is 4.79 Å². The van der Waals surface area contributed by atoms with E-state index in [0.29, 0.717) is 0 Å². The highest BCUT2D eigenvalue weighted by Crippen LogP contribution is 2.13. The van der Waals surface area contributed by atoms with Crippen LogP contribution in [0.3, 0.4) is 0 Å². The first-order valence-electron chi connectivity index (χ1n) is 2.97. The number of aliphatic hydroxyl groups excluding tert-OH is 1. The summed E-state index contributed by atoms with van der Waals surface area (Å²) in [5.74, 6) is -0.806.